The zero-order chi connectivity index (χ0) is 12.0. The molecule has 1 aromatic heterocycles. The number of rotatable bonds is 2. The Labute approximate surface area is 97.2 Å². The molecule has 0 bridgehead atoms. The average molecular weight is 242 g/mol. The smallest absolute Gasteiger partial charge is 0.184 e. The topological polar surface area (TPSA) is 102 Å². The van der Waals surface area contributed by atoms with Gasteiger partial charge in [-0.25, -0.2) is 0 Å². The molecule has 0 spiro atoms. The lowest BCUT2D eigenvalue weighted by atomic mass is 10.1. The largest absolute Gasteiger partial charge is 0.366 e. The van der Waals surface area contributed by atoms with E-state index in [9.17, 15) is 5.11 Å². The van der Waals surface area contributed by atoms with Crippen molar-refractivity contribution >= 4 is 0 Å². The van der Waals surface area contributed by atoms with Crippen molar-refractivity contribution in [1.82, 2.24) is 20.6 Å². The number of hydrogen-bond donors (Lipinski definition) is 2. The first-order valence-corrected chi connectivity index (χ1v) is 5.47. The van der Waals surface area contributed by atoms with Gasteiger partial charge in [0.15, 0.2) is 17.9 Å². The van der Waals surface area contributed by atoms with Crippen LogP contribution in [0.2, 0.25) is 0 Å². The van der Waals surface area contributed by atoms with Crippen molar-refractivity contribution in [1.29, 1.82) is 0 Å². The first-order valence-electron chi connectivity index (χ1n) is 5.47. The minimum absolute atomic E-state index is 0.307. The Bertz CT molecular complexity index is 396. The van der Waals surface area contributed by atoms with Crippen molar-refractivity contribution in [2.24, 2.45) is 0 Å². The third kappa shape index (κ3) is 1.93. The number of aliphatic hydroxyl groups is 1. The normalized spacial score (nSPS) is 39.5. The van der Waals surface area contributed by atoms with Gasteiger partial charge in [0.25, 0.3) is 0 Å². The van der Waals surface area contributed by atoms with E-state index in [1.54, 1.807) is 0 Å². The van der Waals surface area contributed by atoms with Crippen LogP contribution in [0.3, 0.4) is 0 Å². The summed E-state index contributed by atoms with van der Waals surface area (Å²) < 4.78 is 16.7. The molecule has 4 atom stereocenters. The highest BCUT2D eigenvalue weighted by atomic mass is 16.8. The molecule has 1 aromatic rings. The number of H-pyrrole nitrogens is 1. The fourth-order valence-corrected chi connectivity index (χ4v) is 2.27. The van der Waals surface area contributed by atoms with Crippen LogP contribution in [-0.4, -0.2) is 56.1 Å². The number of nitrogens with one attached hydrogen (secondary N) is 1. The van der Waals surface area contributed by atoms with Gasteiger partial charge >= 0.3 is 0 Å². The number of aliphatic hydroxyl groups excluding tert-OH is 1. The maximum absolute atomic E-state index is 9.74. The quantitative estimate of drug-likeness (QED) is 0.684. The number of nitrogens with zero attached hydrogens (tertiary/aromatic N) is 3. The second kappa shape index (κ2) is 3.70. The number of ether oxygens (including phenoxy) is 3. The molecule has 0 amide bonds. The first-order chi connectivity index (χ1) is 8.05. The van der Waals surface area contributed by atoms with Crippen LogP contribution in [0.4, 0.5) is 0 Å². The lowest BCUT2D eigenvalue weighted by molar-refractivity contribution is -0.219. The van der Waals surface area contributed by atoms with Crippen LogP contribution in [0.1, 0.15) is 19.7 Å². The molecule has 0 aromatic carbocycles. The van der Waals surface area contributed by atoms with Crippen LogP contribution >= 0.6 is 0 Å². The zero-order valence-electron chi connectivity index (χ0n) is 9.53. The number of aromatic nitrogens is 4. The second-order valence-corrected chi connectivity index (χ2v) is 4.66. The van der Waals surface area contributed by atoms with Gasteiger partial charge in [-0.3, -0.25) is 0 Å². The van der Waals surface area contributed by atoms with E-state index in [4.69, 9.17) is 14.2 Å². The maximum atomic E-state index is 9.74. The molecule has 2 aliphatic rings. The molecule has 0 saturated carbocycles. The molecule has 3 heterocycles. The third-order valence-electron chi connectivity index (χ3n) is 2.90. The van der Waals surface area contributed by atoms with Gasteiger partial charge < -0.3 is 19.3 Å². The molecule has 2 fully saturated rings. The van der Waals surface area contributed by atoms with E-state index in [0.29, 0.717) is 12.2 Å². The van der Waals surface area contributed by atoms with Gasteiger partial charge in [-0.1, -0.05) is 5.21 Å². The van der Waals surface area contributed by atoms with Crippen LogP contribution in [-0.2, 0) is 20.6 Å². The summed E-state index contributed by atoms with van der Waals surface area (Å²) in [5, 5.41) is 23.3. The molecule has 2 saturated heterocycles. The molecule has 94 valence electrons. The Kier molecular flexibility index (Phi) is 2.40. The summed E-state index contributed by atoms with van der Waals surface area (Å²) in [6.07, 6.45) is -1.64. The molecule has 17 heavy (non-hydrogen) atoms. The van der Waals surface area contributed by atoms with Gasteiger partial charge in [0.05, 0.1) is 6.10 Å². The van der Waals surface area contributed by atoms with Gasteiger partial charge in [-0.05, 0) is 13.8 Å². The molecule has 1 unspecified atom stereocenters. The minimum Gasteiger partial charge on any atom is -0.366 e. The van der Waals surface area contributed by atoms with E-state index in [-0.39, 0.29) is 12.2 Å². The molecule has 8 nitrogen and oxygen atoms in total. The highest BCUT2D eigenvalue weighted by Crippen LogP contribution is 2.38. The molecular weight excluding hydrogens is 228 g/mol. The van der Waals surface area contributed by atoms with E-state index in [0.717, 1.165) is 0 Å². The summed E-state index contributed by atoms with van der Waals surface area (Å²) in [6, 6.07) is 0. The summed E-state index contributed by atoms with van der Waals surface area (Å²) in [7, 11) is 0. The zero-order valence-corrected chi connectivity index (χ0v) is 9.53. The number of aromatic amines is 1. The van der Waals surface area contributed by atoms with Crippen LogP contribution in [0.5, 0.6) is 0 Å². The number of fused-ring (bicyclic) bond motifs is 1. The summed E-state index contributed by atoms with van der Waals surface area (Å²) in [4.78, 5) is 0. The van der Waals surface area contributed by atoms with Crippen molar-refractivity contribution in [2.45, 2.75) is 50.7 Å². The molecule has 0 aliphatic carbocycles. The Hall–Kier alpha value is -1.09. The average Bonchev–Trinajstić information content (AvgIpc) is 2.88. The molecule has 2 aliphatic heterocycles. The predicted octanol–water partition coefficient (Wildman–Crippen LogP) is -1.02. The molecule has 8 heteroatoms. The standard InChI is InChI=1S/C9H14N4O4/c1-9(2)16-6-4(3-5-10-12-13-11-5)15-8(14)7(6)17-9/h4,6-8,14H,3H2,1-2H3,(H,10,11,12,13)/t4-,6-,7-,8?/m1/s1. The fourth-order valence-electron chi connectivity index (χ4n) is 2.27. The number of hydrogen-bond acceptors (Lipinski definition) is 7. The van der Waals surface area contributed by atoms with Gasteiger partial charge in [-0.2, -0.15) is 5.21 Å². The van der Waals surface area contributed by atoms with Gasteiger partial charge in [0.1, 0.15) is 12.2 Å². The van der Waals surface area contributed by atoms with Crippen molar-refractivity contribution < 1.29 is 19.3 Å². The van der Waals surface area contributed by atoms with Crippen LogP contribution in [0.15, 0.2) is 0 Å². The number of tetrazole rings is 1. The lowest BCUT2D eigenvalue weighted by Gasteiger charge is -2.22. The van der Waals surface area contributed by atoms with Crippen molar-refractivity contribution in [2.75, 3.05) is 0 Å². The predicted molar refractivity (Wildman–Crippen MR) is 52.6 cm³/mol. The summed E-state index contributed by atoms with van der Waals surface area (Å²) in [6.45, 7) is 3.62. The Morgan fingerprint density at radius 3 is 2.82 bits per heavy atom. The first kappa shape index (κ1) is 11.0. The Morgan fingerprint density at radius 2 is 2.12 bits per heavy atom. The second-order valence-electron chi connectivity index (χ2n) is 4.66. The fraction of sp³-hybridized carbons (Fsp3) is 0.889. The molecule has 0 radical (unpaired) electrons. The van der Waals surface area contributed by atoms with Crippen LogP contribution in [0.25, 0.3) is 0 Å². The maximum Gasteiger partial charge on any atom is 0.184 e. The minimum atomic E-state index is -0.973. The third-order valence-corrected chi connectivity index (χ3v) is 2.90. The van der Waals surface area contributed by atoms with E-state index in [1.807, 2.05) is 13.8 Å². The molecule has 2 N–H and O–H groups in total. The van der Waals surface area contributed by atoms with E-state index < -0.39 is 18.2 Å². The summed E-state index contributed by atoms with van der Waals surface area (Å²) >= 11 is 0. The van der Waals surface area contributed by atoms with Crippen molar-refractivity contribution in [3.05, 3.63) is 5.82 Å². The molecular formula is C9H14N4O4. The van der Waals surface area contributed by atoms with Gasteiger partial charge in [0, 0.05) is 6.42 Å². The highest BCUT2D eigenvalue weighted by Gasteiger charge is 2.54. The Balaban J connectivity index is 1.74. The van der Waals surface area contributed by atoms with E-state index in [1.165, 1.54) is 0 Å². The SMILES string of the molecule is CC1(C)O[C@@H]2[C@@H](Cc3nn[nH]n3)OC(O)[C@@H]2O1. The summed E-state index contributed by atoms with van der Waals surface area (Å²) in [5.41, 5.74) is 0. The van der Waals surface area contributed by atoms with Crippen LogP contribution in [0, 0.1) is 0 Å². The highest BCUT2D eigenvalue weighted by molar-refractivity contribution is 4.98. The van der Waals surface area contributed by atoms with Gasteiger partial charge in [0.2, 0.25) is 0 Å². The van der Waals surface area contributed by atoms with E-state index in [2.05, 4.69) is 20.6 Å². The Morgan fingerprint density at radius 1 is 1.35 bits per heavy atom. The van der Waals surface area contributed by atoms with Crippen LogP contribution < -0.4 is 0 Å². The summed E-state index contributed by atoms with van der Waals surface area (Å²) in [5.74, 6) is -0.175. The van der Waals surface area contributed by atoms with Gasteiger partial charge in [-0.15, -0.1) is 10.2 Å². The van der Waals surface area contributed by atoms with Crippen molar-refractivity contribution in [3.63, 3.8) is 0 Å². The lowest BCUT2D eigenvalue weighted by Crippen LogP contribution is -2.31. The van der Waals surface area contributed by atoms with Crippen molar-refractivity contribution in [3.8, 4) is 0 Å². The molecule has 3 rings (SSSR count). The monoisotopic (exact) mass is 242 g/mol. The van der Waals surface area contributed by atoms with E-state index >= 15 is 0 Å².